The lowest BCUT2D eigenvalue weighted by atomic mass is 10.2. The molecular formula is C8H6F3N3O3. The van der Waals surface area contributed by atoms with Gasteiger partial charge in [-0.15, -0.1) is 13.2 Å². The summed E-state index contributed by atoms with van der Waals surface area (Å²) in [5.74, 6) is 3.87. The summed E-state index contributed by atoms with van der Waals surface area (Å²) in [6.45, 7) is 0. The number of nitrogens with two attached hydrogens (primary N) is 1. The highest BCUT2D eigenvalue weighted by molar-refractivity contribution is 5.86. The van der Waals surface area contributed by atoms with Crippen molar-refractivity contribution < 1.29 is 22.8 Å². The lowest BCUT2D eigenvalue weighted by Gasteiger charge is -2.09. The van der Waals surface area contributed by atoms with Crippen LogP contribution in [0.2, 0.25) is 0 Å². The molecule has 0 bridgehead atoms. The van der Waals surface area contributed by atoms with Crippen molar-refractivity contribution in [2.45, 2.75) is 6.36 Å². The van der Waals surface area contributed by atoms with Crippen LogP contribution in [0.25, 0.3) is 0 Å². The van der Waals surface area contributed by atoms with Crippen molar-refractivity contribution in [3.63, 3.8) is 0 Å². The molecule has 0 aromatic heterocycles. The average Bonchev–Trinajstić information content (AvgIpc) is 2.15. The molecule has 0 aliphatic heterocycles. The lowest BCUT2D eigenvalue weighted by molar-refractivity contribution is -0.388. The van der Waals surface area contributed by atoms with E-state index >= 15 is 0 Å². The Morgan fingerprint density at radius 1 is 1.47 bits per heavy atom. The number of halogens is 3. The Bertz CT molecular complexity index is 459. The molecule has 1 aromatic carbocycles. The Kier molecular flexibility index (Phi) is 3.51. The fourth-order valence-corrected chi connectivity index (χ4v) is 1.13. The van der Waals surface area contributed by atoms with Gasteiger partial charge in [-0.2, -0.15) is 5.10 Å². The molecule has 0 heterocycles. The number of hydrazone groups is 1. The molecule has 17 heavy (non-hydrogen) atoms. The minimum absolute atomic E-state index is 0.181. The van der Waals surface area contributed by atoms with Crippen LogP contribution in [0.3, 0.4) is 0 Å². The summed E-state index contributed by atoms with van der Waals surface area (Å²) in [7, 11) is 0. The third-order valence-corrected chi connectivity index (χ3v) is 1.65. The number of alkyl halides is 3. The summed E-state index contributed by atoms with van der Waals surface area (Å²) < 4.78 is 39.5. The highest BCUT2D eigenvalue weighted by Crippen LogP contribution is 2.33. The number of nitro groups is 1. The molecule has 0 radical (unpaired) electrons. The van der Waals surface area contributed by atoms with Crippen molar-refractivity contribution in [2.75, 3.05) is 0 Å². The minimum atomic E-state index is -5.01. The van der Waals surface area contributed by atoms with Crippen LogP contribution in [0.15, 0.2) is 23.3 Å². The topological polar surface area (TPSA) is 90.8 Å². The summed E-state index contributed by atoms with van der Waals surface area (Å²) in [6.07, 6.45) is -4.15. The molecule has 92 valence electrons. The van der Waals surface area contributed by atoms with Crippen molar-refractivity contribution in [2.24, 2.45) is 10.9 Å². The molecule has 0 atom stereocenters. The van der Waals surface area contributed by atoms with Crippen LogP contribution in [0, 0.1) is 10.1 Å². The van der Waals surface area contributed by atoms with Gasteiger partial charge in [-0.1, -0.05) is 6.07 Å². The second kappa shape index (κ2) is 4.68. The number of hydrogen-bond donors (Lipinski definition) is 1. The molecule has 1 rings (SSSR count). The predicted octanol–water partition coefficient (Wildman–Crippen LogP) is 1.79. The van der Waals surface area contributed by atoms with Gasteiger partial charge in [-0.3, -0.25) is 10.1 Å². The summed E-state index contributed by atoms with van der Waals surface area (Å²) in [6, 6.07) is 3.18. The van der Waals surface area contributed by atoms with Gasteiger partial charge in [-0.25, -0.2) is 0 Å². The van der Waals surface area contributed by atoms with Crippen LogP contribution < -0.4 is 10.6 Å². The van der Waals surface area contributed by atoms with Crippen LogP contribution in [0.1, 0.15) is 5.56 Å². The Balaban J connectivity index is 3.30. The lowest BCUT2D eigenvalue weighted by Crippen LogP contribution is -2.18. The van der Waals surface area contributed by atoms with Gasteiger partial charge in [0.15, 0.2) is 0 Å². The first-order valence-corrected chi connectivity index (χ1v) is 4.11. The standard InChI is InChI=1S/C8H6F3N3O3/c9-8(10,11)17-6-3-1-2-5(4-13-12)7(6)14(15)16/h1-4H,12H2. The second-order valence-corrected chi connectivity index (χ2v) is 2.78. The molecule has 0 saturated carbocycles. The molecule has 0 fully saturated rings. The first kappa shape index (κ1) is 12.7. The molecule has 0 aliphatic rings. The average molecular weight is 249 g/mol. The van der Waals surface area contributed by atoms with Crippen LogP contribution in [0.4, 0.5) is 18.9 Å². The molecule has 0 spiro atoms. The van der Waals surface area contributed by atoms with Gasteiger partial charge < -0.3 is 10.6 Å². The maximum absolute atomic E-state index is 12.0. The number of nitro benzene ring substituents is 1. The SMILES string of the molecule is NN=Cc1cccc(OC(F)(F)F)c1[N+](=O)[O-]. The summed E-state index contributed by atoms with van der Waals surface area (Å²) in [4.78, 5) is 9.66. The highest BCUT2D eigenvalue weighted by Gasteiger charge is 2.35. The fourth-order valence-electron chi connectivity index (χ4n) is 1.13. The Hall–Kier alpha value is -2.32. The molecule has 9 heteroatoms. The second-order valence-electron chi connectivity index (χ2n) is 2.78. The largest absolute Gasteiger partial charge is 0.573 e. The quantitative estimate of drug-likeness (QED) is 0.382. The minimum Gasteiger partial charge on any atom is -0.398 e. The van der Waals surface area contributed by atoms with E-state index in [1.54, 1.807) is 0 Å². The predicted molar refractivity (Wildman–Crippen MR) is 51.6 cm³/mol. The van der Waals surface area contributed by atoms with Crippen molar-refractivity contribution in [1.82, 2.24) is 0 Å². The summed E-state index contributed by atoms with van der Waals surface area (Å²) in [5, 5.41) is 13.7. The maximum atomic E-state index is 12.0. The fraction of sp³-hybridized carbons (Fsp3) is 0.125. The van der Waals surface area contributed by atoms with Crippen molar-refractivity contribution in [3.8, 4) is 5.75 Å². The first-order valence-electron chi connectivity index (χ1n) is 4.11. The van der Waals surface area contributed by atoms with Crippen LogP contribution in [-0.2, 0) is 0 Å². The van der Waals surface area contributed by atoms with E-state index in [1.807, 2.05) is 0 Å². The van der Waals surface area contributed by atoms with Gasteiger partial charge in [0.05, 0.1) is 16.7 Å². The smallest absolute Gasteiger partial charge is 0.398 e. The molecular weight excluding hydrogens is 243 g/mol. The van der Waals surface area contributed by atoms with E-state index in [4.69, 9.17) is 5.84 Å². The Labute approximate surface area is 92.6 Å². The van der Waals surface area contributed by atoms with Crippen molar-refractivity contribution in [3.05, 3.63) is 33.9 Å². The molecule has 1 aromatic rings. The molecule has 2 N–H and O–H groups in total. The van der Waals surface area contributed by atoms with Gasteiger partial charge in [0.25, 0.3) is 0 Å². The number of rotatable bonds is 3. The molecule has 0 saturated heterocycles. The van der Waals surface area contributed by atoms with E-state index in [-0.39, 0.29) is 5.56 Å². The Morgan fingerprint density at radius 2 is 2.12 bits per heavy atom. The van der Waals surface area contributed by atoms with E-state index in [1.165, 1.54) is 6.07 Å². The third kappa shape index (κ3) is 3.33. The number of hydrogen-bond acceptors (Lipinski definition) is 5. The monoisotopic (exact) mass is 249 g/mol. The van der Waals surface area contributed by atoms with Crippen molar-refractivity contribution >= 4 is 11.9 Å². The number of para-hydroxylation sites is 1. The van der Waals surface area contributed by atoms with Gasteiger partial charge in [-0.05, 0) is 12.1 Å². The number of ether oxygens (including phenoxy) is 1. The highest BCUT2D eigenvalue weighted by atomic mass is 19.4. The van der Waals surface area contributed by atoms with E-state index in [0.717, 1.165) is 18.3 Å². The van der Waals surface area contributed by atoms with E-state index in [0.29, 0.717) is 0 Å². The molecule has 6 nitrogen and oxygen atoms in total. The molecule has 0 unspecified atom stereocenters. The van der Waals surface area contributed by atoms with Crippen molar-refractivity contribution in [1.29, 1.82) is 0 Å². The van der Waals surface area contributed by atoms with Gasteiger partial charge in [0.2, 0.25) is 5.75 Å². The van der Waals surface area contributed by atoms with E-state index in [9.17, 15) is 23.3 Å². The summed E-state index contributed by atoms with van der Waals surface area (Å²) in [5.41, 5.74) is -1.03. The van der Waals surface area contributed by atoms with E-state index in [2.05, 4.69) is 9.84 Å². The molecule has 0 amide bonds. The zero-order chi connectivity index (χ0) is 13.1. The van der Waals surface area contributed by atoms with Crippen LogP contribution >= 0.6 is 0 Å². The van der Waals surface area contributed by atoms with Gasteiger partial charge in [0.1, 0.15) is 0 Å². The summed E-state index contributed by atoms with van der Waals surface area (Å²) >= 11 is 0. The number of benzene rings is 1. The zero-order valence-electron chi connectivity index (χ0n) is 8.14. The number of nitrogens with zero attached hydrogens (tertiary/aromatic N) is 2. The zero-order valence-corrected chi connectivity index (χ0v) is 8.14. The van der Waals surface area contributed by atoms with E-state index < -0.39 is 22.7 Å². The normalized spacial score (nSPS) is 11.7. The Morgan fingerprint density at radius 3 is 2.59 bits per heavy atom. The van der Waals surface area contributed by atoms with Crippen LogP contribution in [-0.4, -0.2) is 17.5 Å². The third-order valence-electron chi connectivity index (χ3n) is 1.65. The van der Waals surface area contributed by atoms with Gasteiger partial charge in [0, 0.05) is 0 Å². The first-order chi connectivity index (χ1) is 7.85. The maximum Gasteiger partial charge on any atom is 0.573 e. The van der Waals surface area contributed by atoms with Crippen LogP contribution in [0.5, 0.6) is 5.75 Å². The molecule has 0 aliphatic carbocycles. The van der Waals surface area contributed by atoms with Gasteiger partial charge >= 0.3 is 12.0 Å².